The van der Waals surface area contributed by atoms with Crippen LogP contribution in [0.25, 0.3) is 0 Å². The molecule has 0 fully saturated rings. The van der Waals surface area contributed by atoms with Crippen molar-refractivity contribution in [2.45, 2.75) is 39.1 Å². The Labute approximate surface area is 110 Å². The van der Waals surface area contributed by atoms with Crippen LogP contribution in [0, 0.1) is 5.92 Å². The van der Waals surface area contributed by atoms with E-state index >= 15 is 0 Å². The molecule has 1 N–H and O–H groups in total. The molecule has 0 radical (unpaired) electrons. The molecule has 0 heterocycles. The van der Waals surface area contributed by atoms with Crippen LogP contribution in [0.4, 0.5) is 0 Å². The summed E-state index contributed by atoms with van der Waals surface area (Å²) in [6.45, 7) is 6.06. The molecule has 1 aromatic rings. The topological polar surface area (TPSA) is 38.7 Å². The average molecular weight is 252 g/mol. The van der Waals surface area contributed by atoms with Crippen molar-refractivity contribution in [2.75, 3.05) is 14.2 Å². The number of methoxy groups -OCH3 is 2. The molecule has 1 rings (SSSR count). The number of benzene rings is 1. The fourth-order valence-electron chi connectivity index (χ4n) is 2.18. The number of rotatable bonds is 6. The van der Waals surface area contributed by atoms with Crippen LogP contribution in [0.5, 0.6) is 0 Å². The highest BCUT2D eigenvalue weighted by atomic mass is 16.7. The Morgan fingerprint density at radius 3 is 2.33 bits per heavy atom. The van der Waals surface area contributed by atoms with Crippen molar-refractivity contribution >= 4 is 0 Å². The van der Waals surface area contributed by atoms with Gasteiger partial charge in [0.15, 0.2) is 6.29 Å². The van der Waals surface area contributed by atoms with Crippen LogP contribution >= 0.6 is 0 Å². The van der Waals surface area contributed by atoms with Gasteiger partial charge in [0.05, 0.1) is 0 Å². The maximum absolute atomic E-state index is 10.6. The minimum Gasteiger partial charge on any atom is -0.380 e. The summed E-state index contributed by atoms with van der Waals surface area (Å²) in [4.78, 5) is 0. The lowest BCUT2D eigenvalue weighted by Crippen LogP contribution is -2.39. The van der Waals surface area contributed by atoms with Crippen LogP contribution in [0.1, 0.15) is 31.9 Å². The normalized spacial score (nSPS) is 15.1. The first kappa shape index (κ1) is 15.2. The summed E-state index contributed by atoms with van der Waals surface area (Å²) in [5, 5.41) is 10.6. The van der Waals surface area contributed by atoms with Gasteiger partial charge in [-0.15, -0.1) is 0 Å². The van der Waals surface area contributed by atoms with E-state index in [0.717, 1.165) is 12.0 Å². The third kappa shape index (κ3) is 3.55. The third-order valence-electron chi connectivity index (χ3n) is 3.04. The minimum absolute atomic E-state index is 0.589. The van der Waals surface area contributed by atoms with Gasteiger partial charge < -0.3 is 14.6 Å². The van der Waals surface area contributed by atoms with E-state index in [2.05, 4.69) is 19.9 Å². The standard InChI is InChI=1S/C15H24O3/c1-11(2)9-12-7-6-8-13(10-12)15(3,16)14(17-4)18-5/h6-8,10-11,14,16H,9H2,1-5H3. The van der Waals surface area contributed by atoms with Crippen molar-refractivity contribution in [3.63, 3.8) is 0 Å². The van der Waals surface area contributed by atoms with Crippen molar-refractivity contribution < 1.29 is 14.6 Å². The molecule has 0 aromatic heterocycles. The number of aliphatic hydroxyl groups is 1. The second-order valence-electron chi connectivity index (χ2n) is 5.25. The van der Waals surface area contributed by atoms with Crippen LogP contribution in [0.15, 0.2) is 24.3 Å². The first-order chi connectivity index (χ1) is 8.41. The van der Waals surface area contributed by atoms with E-state index in [1.807, 2.05) is 18.2 Å². The lowest BCUT2D eigenvalue weighted by atomic mass is 9.91. The molecule has 0 bridgehead atoms. The van der Waals surface area contributed by atoms with E-state index in [0.29, 0.717) is 5.92 Å². The summed E-state index contributed by atoms with van der Waals surface area (Å²) in [5.74, 6) is 0.589. The smallest absolute Gasteiger partial charge is 0.189 e. The molecule has 3 nitrogen and oxygen atoms in total. The summed E-state index contributed by atoms with van der Waals surface area (Å²) >= 11 is 0. The van der Waals surface area contributed by atoms with E-state index in [1.165, 1.54) is 19.8 Å². The summed E-state index contributed by atoms with van der Waals surface area (Å²) in [5.41, 5.74) is 0.874. The first-order valence-electron chi connectivity index (χ1n) is 6.29. The monoisotopic (exact) mass is 252 g/mol. The Bertz CT molecular complexity index is 368. The molecule has 0 saturated heterocycles. The van der Waals surface area contributed by atoms with Gasteiger partial charge in [0, 0.05) is 14.2 Å². The Morgan fingerprint density at radius 2 is 1.83 bits per heavy atom. The molecule has 102 valence electrons. The van der Waals surface area contributed by atoms with Crippen LogP contribution in [0.2, 0.25) is 0 Å². The van der Waals surface area contributed by atoms with Crippen LogP contribution in [-0.2, 0) is 21.5 Å². The second-order valence-corrected chi connectivity index (χ2v) is 5.25. The largest absolute Gasteiger partial charge is 0.380 e. The Balaban J connectivity index is 3.01. The van der Waals surface area contributed by atoms with Crippen molar-refractivity contribution in [3.8, 4) is 0 Å². The number of ether oxygens (including phenoxy) is 2. The molecular weight excluding hydrogens is 228 g/mol. The van der Waals surface area contributed by atoms with Gasteiger partial charge in [-0.1, -0.05) is 38.1 Å². The molecule has 0 amide bonds. The van der Waals surface area contributed by atoms with Crippen molar-refractivity contribution in [1.82, 2.24) is 0 Å². The van der Waals surface area contributed by atoms with Crippen molar-refractivity contribution in [2.24, 2.45) is 5.92 Å². The molecule has 0 aliphatic rings. The van der Waals surface area contributed by atoms with Crippen molar-refractivity contribution in [3.05, 3.63) is 35.4 Å². The summed E-state index contributed by atoms with van der Waals surface area (Å²) in [6, 6.07) is 7.96. The van der Waals surface area contributed by atoms with E-state index in [-0.39, 0.29) is 0 Å². The number of hydrogen-bond donors (Lipinski definition) is 1. The molecular formula is C15H24O3. The molecule has 1 aromatic carbocycles. The van der Waals surface area contributed by atoms with Gasteiger partial charge >= 0.3 is 0 Å². The lowest BCUT2D eigenvalue weighted by molar-refractivity contribution is -0.213. The van der Waals surface area contributed by atoms with E-state index in [4.69, 9.17) is 9.47 Å². The summed E-state index contributed by atoms with van der Waals surface area (Å²) in [6.07, 6.45) is 0.320. The highest BCUT2D eigenvalue weighted by Gasteiger charge is 2.34. The summed E-state index contributed by atoms with van der Waals surface area (Å²) in [7, 11) is 3.06. The lowest BCUT2D eigenvalue weighted by Gasteiger charge is -2.31. The first-order valence-corrected chi connectivity index (χ1v) is 6.29. The quantitative estimate of drug-likeness (QED) is 0.791. The maximum atomic E-state index is 10.6. The minimum atomic E-state index is -1.16. The zero-order chi connectivity index (χ0) is 13.8. The summed E-state index contributed by atoms with van der Waals surface area (Å²) < 4.78 is 10.3. The average Bonchev–Trinajstić information content (AvgIpc) is 2.29. The Morgan fingerprint density at radius 1 is 1.22 bits per heavy atom. The highest BCUT2D eigenvalue weighted by molar-refractivity contribution is 5.28. The van der Waals surface area contributed by atoms with Gasteiger partial charge in [0.2, 0.25) is 0 Å². The fraction of sp³-hybridized carbons (Fsp3) is 0.600. The molecule has 0 spiro atoms. The predicted molar refractivity (Wildman–Crippen MR) is 72.4 cm³/mol. The van der Waals surface area contributed by atoms with Gasteiger partial charge in [-0.25, -0.2) is 0 Å². The SMILES string of the molecule is COC(OC)C(C)(O)c1cccc(CC(C)C)c1. The Hall–Kier alpha value is -0.900. The van der Waals surface area contributed by atoms with Gasteiger partial charge in [-0.2, -0.15) is 0 Å². The van der Waals surface area contributed by atoms with E-state index < -0.39 is 11.9 Å². The van der Waals surface area contributed by atoms with Crippen molar-refractivity contribution in [1.29, 1.82) is 0 Å². The van der Waals surface area contributed by atoms with Gasteiger partial charge in [-0.3, -0.25) is 0 Å². The molecule has 0 aliphatic carbocycles. The zero-order valence-electron chi connectivity index (χ0n) is 11.9. The van der Waals surface area contributed by atoms with Crippen LogP contribution < -0.4 is 0 Å². The highest BCUT2D eigenvalue weighted by Crippen LogP contribution is 2.28. The van der Waals surface area contributed by atoms with E-state index in [9.17, 15) is 5.11 Å². The molecule has 18 heavy (non-hydrogen) atoms. The predicted octanol–water partition coefficient (Wildman–Crippen LogP) is 2.71. The molecule has 1 atom stereocenters. The fourth-order valence-corrected chi connectivity index (χ4v) is 2.18. The molecule has 0 saturated carbocycles. The Kier molecular flexibility index (Phi) is 5.32. The van der Waals surface area contributed by atoms with Gasteiger partial charge in [0.25, 0.3) is 0 Å². The van der Waals surface area contributed by atoms with Crippen LogP contribution in [0.3, 0.4) is 0 Å². The maximum Gasteiger partial charge on any atom is 0.189 e. The van der Waals surface area contributed by atoms with Crippen LogP contribution in [-0.4, -0.2) is 25.6 Å². The van der Waals surface area contributed by atoms with Gasteiger partial charge in [-0.05, 0) is 30.4 Å². The number of hydrogen-bond acceptors (Lipinski definition) is 3. The zero-order valence-corrected chi connectivity index (χ0v) is 11.9. The second kappa shape index (κ2) is 6.32. The molecule has 0 aliphatic heterocycles. The molecule has 1 unspecified atom stereocenters. The van der Waals surface area contributed by atoms with E-state index in [1.54, 1.807) is 6.92 Å². The van der Waals surface area contributed by atoms with Gasteiger partial charge in [0.1, 0.15) is 5.60 Å². The molecule has 3 heteroatoms. The third-order valence-corrected chi connectivity index (χ3v) is 3.04.